The minimum Gasteiger partial charge on any atom is -0.497 e. The van der Waals surface area contributed by atoms with Crippen molar-refractivity contribution < 1.29 is 18.4 Å². The number of benzene rings is 2. The Balaban J connectivity index is 1.20. The molecule has 33 heavy (non-hydrogen) atoms. The molecule has 1 fully saturated rings. The summed E-state index contributed by atoms with van der Waals surface area (Å²) in [4.78, 5) is 21.3. The summed E-state index contributed by atoms with van der Waals surface area (Å²) in [5.41, 5.74) is 2.50. The molecule has 2 heterocycles. The SMILES string of the molecule is COc1ccc(CCN2CCN(C(=O)CCc3nc(-c4ccc(F)c(C)c4)no3)CC2)cc1. The van der Waals surface area contributed by atoms with Gasteiger partial charge in [-0.15, -0.1) is 0 Å². The first-order chi connectivity index (χ1) is 16.0. The second kappa shape index (κ2) is 10.6. The van der Waals surface area contributed by atoms with Crippen molar-refractivity contribution in [2.75, 3.05) is 39.8 Å². The number of aryl methyl sites for hydroxylation is 2. The molecular formula is C25H29FN4O3. The van der Waals surface area contributed by atoms with Gasteiger partial charge < -0.3 is 14.2 Å². The molecule has 0 bridgehead atoms. The molecule has 0 spiro atoms. The summed E-state index contributed by atoms with van der Waals surface area (Å²) in [6, 6.07) is 12.9. The number of rotatable bonds is 8. The Kier molecular flexibility index (Phi) is 7.34. The lowest BCUT2D eigenvalue weighted by molar-refractivity contribution is -0.133. The van der Waals surface area contributed by atoms with Gasteiger partial charge >= 0.3 is 0 Å². The van der Waals surface area contributed by atoms with Gasteiger partial charge in [-0.1, -0.05) is 17.3 Å². The van der Waals surface area contributed by atoms with Gasteiger partial charge in [-0.2, -0.15) is 4.98 Å². The Morgan fingerprint density at radius 2 is 1.85 bits per heavy atom. The van der Waals surface area contributed by atoms with E-state index in [0.717, 1.165) is 44.9 Å². The fourth-order valence-electron chi connectivity index (χ4n) is 3.93. The van der Waals surface area contributed by atoms with Gasteiger partial charge in [-0.3, -0.25) is 9.69 Å². The van der Waals surface area contributed by atoms with E-state index in [9.17, 15) is 9.18 Å². The van der Waals surface area contributed by atoms with Crippen LogP contribution >= 0.6 is 0 Å². The summed E-state index contributed by atoms with van der Waals surface area (Å²) >= 11 is 0. The third kappa shape index (κ3) is 5.96. The Bertz CT molecular complexity index is 1080. The maximum atomic E-state index is 13.5. The van der Waals surface area contributed by atoms with Gasteiger partial charge in [0.15, 0.2) is 0 Å². The third-order valence-corrected chi connectivity index (χ3v) is 6.04. The van der Waals surface area contributed by atoms with E-state index in [1.165, 1.54) is 11.6 Å². The normalized spacial score (nSPS) is 14.5. The zero-order valence-corrected chi connectivity index (χ0v) is 19.1. The van der Waals surface area contributed by atoms with Gasteiger partial charge in [0.05, 0.1) is 7.11 Å². The number of carbonyl (C=O) groups excluding carboxylic acids is 1. The molecule has 1 aliphatic heterocycles. The van der Waals surface area contributed by atoms with E-state index in [2.05, 4.69) is 27.2 Å². The monoisotopic (exact) mass is 452 g/mol. The molecule has 8 heteroatoms. The van der Waals surface area contributed by atoms with Crippen molar-refractivity contribution in [1.29, 1.82) is 0 Å². The highest BCUT2D eigenvalue weighted by Gasteiger charge is 2.21. The van der Waals surface area contributed by atoms with Crippen LogP contribution in [-0.2, 0) is 17.6 Å². The van der Waals surface area contributed by atoms with Crippen LogP contribution in [0.3, 0.4) is 0 Å². The van der Waals surface area contributed by atoms with Gasteiger partial charge in [-0.25, -0.2) is 4.39 Å². The molecule has 0 unspecified atom stereocenters. The molecule has 7 nitrogen and oxygen atoms in total. The summed E-state index contributed by atoms with van der Waals surface area (Å²) < 4.78 is 24.0. The van der Waals surface area contributed by atoms with Crippen molar-refractivity contribution in [3.8, 4) is 17.1 Å². The van der Waals surface area contributed by atoms with Crippen molar-refractivity contribution in [2.24, 2.45) is 0 Å². The van der Waals surface area contributed by atoms with E-state index >= 15 is 0 Å². The molecule has 1 aliphatic rings. The minimum absolute atomic E-state index is 0.0992. The summed E-state index contributed by atoms with van der Waals surface area (Å²) in [6.07, 6.45) is 1.70. The highest BCUT2D eigenvalue weighted by atomic mass is 19.1. The number of carbonyl (C=O) groups is 1. The number of nitrogens with zero attached hydrogens (tertiary/aromatic N) is 4. The highest BCUT2D eigenvalue weighted by molar-refractivity contribution is 5.76. The fourth-order valence-corrected chi connectivity index (χ4v) is 3.93. The van der Waals surface area contributed by atoms with E-state index in [4.69, 9.17) is 9.26 Å². The van der Waals surface area contributed by atoms with Crippen molar-refractivity contribution in [1.82, 2.24) is 19.9 Å². The molecule has 0 aliphatic carbocycles. The van der Waals surface area contributed by atoms with E-state index in [0.29, 0.717) is 35.7 Å². The van der Waals surface area contributed by atoms with Gasteiger partial charge in [-0.05, 0) is 54.8 Å². The lowest BCUT2D eigenvalue weighted by Crippen LogP contribution is -2.49. The molecule has 0 atom stereocenters. The summed E-state index contributed by atoms with van der Waals surface area (Å²) in [5.74, 6) is 1.52. The van der Waals surface area contributed by atoms with Gasteiger partial charge in [0.1, 0.15) is 11.6 Å². The third-order valence-electron chi connectivity index (χ3n) is 6.04. The molecule has 4 rings (SSSR count). The average molecular weight is 453 g/mol. The van der Waals surface area contributed by atoms with E-state index in [1.807, 2.05) is 17.0 Å². The molecule has 2 aromatic carbocycles. The van der Waals surface area contributed by atoms with Gasteiger partial charge in [0, 0.05) is 51.1 Å². The number of hydrogen-bond donors (Lipinski definition) is 0. The molecule has 0 saturated carbocycles. The Hall–Kier alpha value is -3.26. The number of piperazine rings is 1. The predicted molar refractivity (Wildman–Crippen MR) is 122 cm³/mol. The second-order valence-electron chi connectivity index (χ2n) is 8.30. The van der Waals surface area contributed by atoms with Crippen LogP contribution in [0, 0.1) is 12.7 Å². The largest absolute Gasteiger partial charge is 0.497 e. The van der Waals surface area contributed by atoms with Crippen LogP contribution in [-0.4, -0.2) is 65.7 Å². The summed E-state index contributed by atoms with van der Waals surface area (Å²) in [7, 11) is 1.67. The topological polar surface area (TPSA) is 71.7 Å². The van der Waals surface area contributed by atoms with Crippen LogP contribution in [0.5, 0.6) is 5.75 Å². The molecule has 3 aromatic rings. The molecule has 1 aromatic heterocycles. The predicted octanol–water partition coefficient (Wildman–Crippen LogP) is 3.51. The number of halogens is 1. The van der Waals surface area contributed by atoms with Crippen LogP contribution in [0.1, 0.15) is 23.4 Å². The lowest BCUT2D eigenvalue weighted by Gasteiger charge is -2.34. The standard InChI is InChI=1S/C25H29FN4O3/c1-18-17-20(5-8-22(18)26)25-27-23(33-28-25)9-10-24(31)30-15-13-29(14-16-30)12-11-19-3-6-21(32-2)7-4-19/h3-8,17H,9-16H2,1-2H3. The first-order valence-corrected chi connectivity index (χ1v) is 11.2. The van der Waals surface area contributed by atoms with Crippen molar-refractivity contribution in [2.45, 2.75) is 26.2 Å². The quantitative estimate of drug-likeness (QED) is 0.521. The van der Waals surface area contributed by atoms with Crippen LogP contribution in [0.2, 0.25) is 0 Å². The van der Waals surface area contributed by atoms with E-state index in [-0.39, 0.29) is 11.7 Å². The van der Waals surface area contributed by atoms with Crippen molar-refractivity contribution in [3.63, 3.8) is 0 Å². The van der Waals surface area contributed by atoms with Crippen LogP contribution in [0.25, 0.3) is 11.4 Å². The fraction of sp³-hybridized carbons (Fsp3) is 0.400. The van der Waals surface area contributed by atoms with Gasteiger partial charge in [0.2, 0.25) is 17.6 Å². The van der Waals surface area contributed by atoms with Gasteiger partial charge in [0.25, 0.3) is 0 Å². The molecule has 1 saturated heterocycles. The second-order valence-corrected chi connectivity index (χ2v) is 8.30. The maximum absolute atomic E-state index is 13.5. The van der Waals surface area contributed by atoms with Crippen molar-refractivity contribution in [3.05, 3.63) is 65.3 Å². The van der Waals surface area contributed by atoms with Crippen molar-refractivity contribution >= 4 is 5.91 Å². The highest BCUT2D eigenvalue weighted by Crippen LogP contribution is 2.20. The van der Waals surface area contributed by atoms with Crippen LogP contribution in [0.4, 0.5) is 4.39 Å². The molecular weight excluding hydrogens is 423 g/mol. The molecule has 174 valence electrons. The first kappa shape index (κ1) is 22.9. The lowest BCUT2D eigenvalue weighted by atomic mass is 10.1. The van der Waals surface area contributed by atoms with E-state index < -0.39 is 0 Å². The Morgan fingerprint density at radius 1 is 1.09 bits per heavy atom. The summed E-state index contributed by atoms with van der Waals surface area (Å²) in [6.45, 7) is 5.86. The average Bonchev–Trinajstić information content (AvgIpc) is 3.32. The number of hydrogen-bond acceptors (Lipinski definition) is 6. The number of methoxy groups -OCH3 is 1. The Morgan fingerprint density at radius 3 is 2.55 bits per heavy atom. The number of amides is 1. The molecule has 0 radical (unpaired) electrons. The Labute approximate surface area is 193 Å². The number of ether oxygens (including phenoxy) is 1. The molecule has 1 amide bonds. The minimum atomic E-state index is -0.270. The van der Waals surface area contributed by atoms with Crippen LogP contribution < -0.4 is 4.74 Å². The first-order valence-electron chi connectivity index (χ1n) is 11.2. The van der Waals surface area contributed by atoms with E-state index in [1.54, 1.807) is 26.2 Å². The zero-order chi connectivity index (χ0) is 23.2. The smallest absolute Gasteiger partial charge is 0.227 e. The van der Waals surface area contributed by atoms with Crippen LogP contribution in [0.15, 0.2) is 47.0 Å². The zero-order valence-electron chi connectivity index (χ0n) is 19.1. The molecule has 0 N–H and O–H groups in total. The maximum Gasteiger partial charge on any atom is 0.227 e. The number of aromatic nitrogens is 2. The summed E-state index contributed by atoms with van der Waals surface area (Å²) in [5, 5.41) is 3.97.